The molecule has 5 rings (SSSR count). The Labute approximate surface area is 273 Å². The molecule has 4 aliphatic carbocycles. The lowest BCUT2D eigenvalue weighted by Crippen LogP contribution is -2.62. The molecule has 0 radical (unpaired) electrons. The van der Waals surface area contributed by atoms with Gasteiger partial charge in [-0.3, -0.25) is 14.4 Å². The van der Waals surface area contributed by atoms with Gasteiger partial charge in [0.2, 0.25) is 0 Å². The highest BCUT2D eigenvalue weighted by atomic mass is 32.2. The van der Waals surface area contributed by atoms with Gasteiger partial charge in [-0.05, 0) is 91.2 Å². The third kappa shape index (κ3) is 5.54. The van der Waals surface area contributed by atoms with Crippen molar-refractivity contribution in [3.63, 3.8) is 0 Å². The van der Waals surface area contributed by atoms with Crippen LogP contribution in [-0.4, -0.2) is 29.5 Å². The van der Waals surface area contributed by atoms with Crippen molar-refractivity contribution in [2.24, 2.45) is 27.6 Å². The highest BCUT2D eigenvalue weighted by molar-refractivity contribution is 8.13. The minimum atomic E-state index is -4.66. The molecule has 0 amide bonds. The molecule has 0 aromatic heterocycles. The van der Waals surface area contributed by atoms with Gasteiger partial charge in [-0.15, -0.1) is 0 Å². The van der Waals surface area contributed by atoms with Crippen molar-refractivity contribution in [2.45, 2.75) is 124 Å². The molecule has 10 heteroatoms. The standard InChI is InChI=1S/C36H45F3O6S/c1-20-29-23(15-24(44-21(2)41)30(20)45-22(3)42)33(6)12-14-35(8)27-17-31(4,19-40)9-10-32(27,5)11-13-34(35,7)26(33)16-25(29)46-28(43)18-36(37,38)39/h15-16,19,25,27H,9-14,17-18H2,1-8H3/t25?,27-,31-,32-,33+,34-,35+/m1/s1. The van der Waals surface area contributed by atoms with E-state index in [1.54, 1.807) is 13.0 Å². The van der Waals surface area contributed by atoms with Gasteiger partial charge >= 0.3 is 18.1 Å². The maximum Gasteiger partial charge on any atom is 0.396 e. The first-order valence-corrected chi connectivity index (χ1v) is 17.0. The average molecular weight is 663 g/mol. The zero-order valence-electron chi connectivity index (χ0n) is 28.0. The molecule has 1 aromatic rings. The predicted molar refractivity (Wildman–Crippen MR) is 170 cm³/mol. The van der Waals surface area contributed by atoms with Gasteiger partial charge in [0.25, 0.3) is 0 Å². The molecule has 0 aliphatic heterocycles. The van der Waals surface area contributed by atoms with E-state index in [4.69, 9.17) is 9.47 Å². The predicted octanol–water partition coefficient (Wildman–Crippen LogP) is 8.91. The van der Waals surface area contributed by atoms with Gasteiger partial charge in [-0.25, -0.2) is 0 Å². The molecule has 7 atom stereocenters. The molecule has 3 saturated carbocycles. The number of halogens is 3. The Morgan fingerprint density at radius 2 is 1.59 bits per heavy atom. The first-order chi connectivity index (χ1) is 21.1. The highest BCUT2D eigenvalue weighted by Crippen LogP contribution is 2.75. The highest BCUT2D eigenvalue weighted by Gasteiger charge is 2.67. The molecule has 1 aromatic carbocycles. The second kappa shape index (κ2) is 11.2. The Kier molecular flexibility index (Phi) is 8.47. The molecule has 0 saturated heterocycles. The molecule has 3 fully saturated rings. The SMILES string of the molecule is CC(=O)Oc1cc2c(c(C)c1OC(C)=O)C(SC(=O)CC(F)(F)F)C=C1[C@@]2(C)CC[C@@]2(C)[C@@H]3C[C@](C)(C=O)CC[C@]3(C)CC[C@]12C. The van der Waals surface area contributed by atoms with Crippen molar-refractivity contribution < 1.29 is 41.8 Å². The van der Waals surface area contributed by atoms with E-state index >= 15 is 0 Å². The van der Waals surface area contributed by atoms with E-state index in [9.17, 15) is 32.3 Å². The van der Waals surface area contributed by atoms with E-state index in [2.05, 4.69) is 34.6 Å². The van der Waals surface area contributed by atoms with Gasteiger partial charge in [-0.1, -0.05) is 58.0 Å². The molecule has 1 unspecified atom stereocenters. The zero-order chi connectivity index (χ0) is 34.3. The van der Waals surface area contributed by atoms with E-state index in [0.29, 0.717) is 29.3 Å². The summed E-state index contributed by atoms with van der Waals surface area (Å²) >= 11 is 0.639. The second-order valence-electron chi connectivity index (χ2n) is 15.5. The molecule has 252 valence electrons. The van der Waals surface area contributed by atoms with E-state index in [1.165, 1.54) is 13.8 Å². The van der Waals surface area contributed by atoms with Crippen molar-refractivity contribution >= 4 is 35.1 Å². The molecule has 6 nitrogen and oxygen atoms in total. The van der Waals surface area contributed by atoms with Crippen LogP contribution in [0.5, 0.6) is 11.5 Å². The number of alkyl halides is 3. The van der Waals surface area contributed by atoms with Crippen molar-refractivity contribution in [2.75, 3.05) is 0 Å². The lowest BCUT2D eigenvalue weighted by Gasteiger charge is -2.70. The van der Waals surface area contributed by atoms with Crippen molar-refractivity contribution in [3.05, 3.63) is 34.4 Å². The van der Waals surface area contributed by atoms with Crippen LogP contribution in [0.3, 0.4) is 0 Å². The summed E-state index contributed by atoms with van der Waals surface area (Å²) < 4.78 is 51.3. The molecule has 4 aliphatic rings. The number of hydrogen-bond donors (Lipinski definition) is 0. The van der Waals surface area contributed by atoms with E-state index in [1.807, 2.05) is 6.08 Å². The van der Waals surface area contributed by atoms with Crippen LogP contribution in [-0.2, 0) is 24.6 Å². The lowest BCUT2D eigenvalue weighted by molar-refractivity contribution is -0.161. The Morgan fingerprint density at radius 3 is 2.17 bits per heavy atom. The van der Waals surface area contributed by atoms with E-state index < -0.39 is 45.7 Å². The van der Waals surface area contributed by atoms with Crippen LogP contribution in [0, 0.1) is 34.5 Å². The van der Waals surface area contributed by atoms with E-state index in [-0.39, 0.29) is 33.7 Å². The molecule has 0 N–H and O–H groups in total. The quantitative estimate of drug-likeness (QED) is 0.135. The minimum Gasteiger partial charge on any atom is -0.423 e. The van der Waals surface area contributed by atoms with Gasteiger partial charge in [0.1, 0.15) is 12.7 Å². The van der Waals surface area contributed by atoms with Crippen LogP contribution < -0.4 is 9.47 Å². The Morgan fingerprint density at radius 1 is 0.957 bits per heavy atom. The molecule has 46 heavy (non-hydrogen) atoms. The maximum absolute atomic E-state index is 13.4. The van der Waals surface area contributed by atoms with E-state index in [0.717, 1.165) is 55.9 Å². The lowest BCUT2D eigenvalue weighted by atomic mass is 9.34. The molecular formula is C36H45F3O6S. The minimum absolute atomic E-state index is 0.0198. The summed E-state index contributed by atoms with van der Waals surface area (Å²) in [5, 5.41) is -1.79. The number of carbonyl (C=O) groups is 4. The fraction of sp³-hybridized carbons (Fsp3) is 0.667. The largest absolute Gasteiger partial charge is 0.423 e. The summed E-state index contributed by atoms with van der Waals surface area (Å²) in [6.45, 7) is 15.3. The fourth-order valence-electron chi connectivity index (χ4n) is 9.74. The second-order valence-corrected chi connectivity index (χ2v) is 16.7. The zero-order valence-corrected chi connectivity index (χ0v) is 28.9. The summed E-state index contributed by atoms with van der Waals surface area (Å²) in [7, 11) is 0. The smallest absolute Gasteiger partial charge is 0.396 e. The number of carbonyl (C=O) groups excluding carboxylic acids is 4. The third-order valence-electron chi connectivity index (χ3n) is 12.5. The number of fused-ring (bicyclic) bond motifs is 7. The van der Waals surface area contributed by atoms with Crippen LogP contribution in [0.1, 0.15) is 122 Å². The summed E-state index contributed by atoms with van der Waals surface area (Å²) in [5.74, 6) is -0.923. The summed E-state index contributed by atoms with van der Waals surface area (Å²) in [5.41, 5.74) is 1.34. The topological polar surface area (TPSA) is 86.7 Å². The average Bonchev–Trinajstić information content (AvgIpc) is 2.93. The van der Waals surface area contributed by atoms with Crippen molar-refractivity contribution in [3.8, 4) is 11.5 Å². The number of esters is 2. The van der Waals surface area contributed by atoms with Crippen molar-refractivity contribution in [1.29, 1.82) is 0 Å². The Balaban J connectivity index is 1.73. The van der Waals surface area contributed by atoms with Gasteiger partial charge in [-0.2, -0.15) is 13.2 Å². The Hall–Kier alpha value is -2.62. The molecule has 0 heterocycles. The summed E-state index contributed by atoms with van der Waals surface area (Å²) in [4.78, 5) is 49.6. The number of rotatable bonds is 5. The van der Waals surface area contributed by atoms with Crippen LogP contribution in [0.2, 0.25) is 0 Å². The van der Waals surface area contributed by atoms with Gasteiger partial charge in [0, 0.05) is 30.2 Å². The monoisotopic (exact) mass is 662 g/mol. The third-order valence-corrected chi connectivity index (χ3v) is 13.5. The summed E-state index contributed by atoms with van der Waals surface area (Å²) in [6, 6.07) is 1.69. The molecule has 0 spiro atoms. The number of hydrogen-bond acceptors (Lipinski definition) is 7. The first kappa shape index (κ1) is 34.7. The normalized spacial score (nSPS) is 36.6. The van der Waals surface area contributed by atoms with Crippen LogP contribution >= 0.6 is 11.8 Å². The molecule has 0 bridgehead atoms. The number of benzene rings is 1. The number of allylic oxidation sites excluding steroid dienone is 1. The van der Waals surface area contributed by atoms with Crippen LogP contribution in [0.15, 0.2) is 17.7 Å². The Bertz CT molecular complexity index is 1530. The van der Waals surface area contributed by atoms with Gasteiger partial charge in [0.15, 0.2) is 16.6 Å². The number of thioether (sulfide) groups is 1. The molecular weight excluding hydrogens is 617 g/mol. The van der Waals surface area contributed by atoms with Crippen molar-refractivity contribution in [1.82, 2.24) is 0 Å². The number of aldehydes is 1. The van der Waals surface area contributed by atoms with Gasteiger partial charge in [0.05, 0.1) is 5.25 Å². The van der Waals surface area contributed by atoms with Crippen LogP contribution in [0.4, 0.5) is 13.2 Å². The first-order valence-electron chi connectivity index (χ1n) is 16.1. The van der Waals surface area contributed by atoms with Gasteiger partial charge < -0.3 is 14.3 Å². The summed E-state index contributed by atoms with van der Waals surface area (Å²) in [6.07, 6.45) is 2.88. The maximum atomic E-state index is 13.4. The number of ether oxygens (including phenoxy) is 2. The fourth-order valence-corrected chi connectivity index (χ4v) is 10.9. The van der Waals surface area contributed by atoms with Crippen LogP contribution in [0.25, 0.3) is 0 Å².